The summed E-state index contributed by atoms with van der Waals surface area (Å²) in [4.78, 5) is 21.2. The highest BCUT2D eigenvalue weighted by Gasteiger charge is 2.24. The molecule has 0 bridgehead atoms. The predicted octanol–water partition coefficient (Wildman–Crippen LogP) is 4.12. The Hall–Kier alpha value is -1.78. The summed E-state index contributed by atoms with van der Waals surface area (Å²) >= 11 is 7.30. The van der Waals surface area contributed by atoms with E-state index in [2.05, 4.69) is 4.98 Å². The third kappa shape index (κ3) is 5.47. The van der Waals surface area contributed by atoms with Gasteiger partial charge in [-0.3, -0.25) is 9.69 Å². The standard InChI is InChI=1S/C19H19ClFN3O3S2.ClH/c1-23(2)8-9-24(18(25)14-6-4-12(21)10-15(14)20)19-22-16-7-5-13(29(3,26)27)11-17(16)28-19;/h4-7,10-11H,8-9H2,1-3H3;1H. The fourth-order valence-corrected chi connectivity index (χ4v) is 4.63. The van der Waals surface area contributed by atoms with Crippen LogP contribution in [0, 0.1) is 5.82 Å². The van der Waals surface area contributed by atoms with E-state index in [1.807, 2.05) is 19.0 Å². The molecule has 1 heterocycles. The summed E-state index contributed by atoms with van der Waals surface area (Å²) in [5.41, 5.74) is 0.758. The molecule has 0 N–H and O–H groups in total. The van der Waals surface area contributed by atoms with Crippen molar-refractivity contribution in [3.8, 4) is 0 Å². The fraction of sp³-hybridized carbons (Fsp3) is 0.263. The monoisotopic (exact) mass is 491 g/mol. The van der Waals surface area contributed by atoms with Crippen LogP contribution in [-0.4, -0.2) is 57.6 Å². The number of sulfone groups is 1. The number of nitrogens with zero attached hydrogens (tertiary/aromatic N) is 3. The second kappa shape index (κ2) is 9.57. The van der Waals surface area contributed by atoms with Gasteiger partial charge in [-0.25, -0.2) is 17.8 Å². The SMILES string of the molecule is CN(C)CCN(C(=O)c1ccc(F)cc1Cl)c1nc2ccc(S(C)(=O)=O)cc2s1.Cl. The molecule has 0 radical (unpaired) electrons. The number of likely N-dealkylation sites (N-methyl/N-ethyl adjacent to an activating group) is 1. The Kier molecular flexibility index (Phi) is 7.81. The first-order chi connectivity index (χ1) is 13.6. The van der Waals surface area contributed by atoms with Gasteiger partial charge in [-0.15, -0.1) is 12.4 Å². The number of thiazole rings is 1. The Labute approximate surface area is 189 Å². The summed E-state index contributed by atoms with van der Waals surface area (Å²) in [6.07, 6.45) is 1.14. The van der Waals surface area contributed by atoms with E-state index < -0.39 is 21.6 Å². The molecule has 0 aliphatic carbocycles. The summed E-state index contributed by atoms with van der Waals surface area (Å²) in [5, 5.41) is 0.434. The number of amides is 1. The molecule has 0 fully saturated rings. The molecule has 0 saturated carbocycles. The summed E-state index contributed by atoms with van der Waals surface area (Å²) in [6, 6.07) is 8.27. The quantitative estimate of drug-likeness (QED) is 0.518. The van der Waals surface area contributed by atoms with E-state index in [1.54, 1.807) is 12.1 Å². The van der Waals surface area contributed by atoms with Gasteiger partial charge in [0.15, 0.2) is 15.0 Å². The number of carbonyl (C=O) groups is 1. The Morgan fingerprint density at radius 1 is 1.17 bits per heavy atom. The molecule has 2 aromatic carbocycles. The van der Waals surface area contributed by atoms with Gasteiger partial charge in [-0.05, 0) is 50.5 Å². The van der Waals surface area contributed by atoms with Gasteiger partial charge in [-0.2, -0.15) is 0 Å². The van der Waals surface area contributed by atoms with Crippen molar-refractivity contribution in [1.82, 2.24) is 9.88 Å². The van der Waals surface area contributed by atoms with Crippen LogP contribution in [0.3, 0.4) is 0 Å². The maximum absolute atomic E-state index is 13.4. The minimum Gasteiger partial charge on any atom is -0.308 e. The van der Waals surface area contributed by atoms with Crippen molar-refractivity contribution in [3.63, 3.8) is 0 Å². The van der Waals surface area contributed by atoms with Crippen molar-refractivity contribution < 1.29 is 17.6 Å². The number of halogens is 3. The molecule has 0 unspecified atom stereocenters. The lowest BCUT2D eigenvalue weighted by atomic mass is 10.2. The van der Waals surface area contributed by atoms with Crippen molar-refractivity contribution in [3.05, 3.63) is 52.8 Å². The zero-order valence-electron chi connectivity index (χ0n) is 16.4. The number of hydrogen-bond donors (Lipinski definition) is 0. The van der Waals surface area contributed by atoms with Crippen molar-refractivity contribution in [2.75, 3.05) is 38.3 Å². The third-order valence-corrected chi connectivity index (χ3v) is 6.65. The van der Waals surface area contributed by atoms with E-state index in [1.165, 1.54) is 34.4 Å². The maximum Gasteiger partial charge on any atom is 0.261 e. The van der Waals surface area contributed by atoms with Crippen LogP contribution in [0.25, 0.3) is 10.2 Å². The van der Waals surface area contributed by atoms with Gasteiger partial charge in [0.1, 0.15) is 5.82 Å². The van der Waals surface area contributed by atoms with Crippen LogP contribution in [0.15, 0.2) is 41.3 Å². The van der Waals surface area contributed by atoms with Crippen LogP contribution >= 0.6 is 35.3 Å². The van der Waals surface area contributed by atoms with Gasteiger partial charge in [0, 0.05) is 19.3 Å². The molecule has 0 atom stereocenters. The van der Waals surface area contributed by atoms with Crippen LogP contribution in [0.1, 0.15) is 10.4 Å². The summed E-state index contributed by atoms with van der Waals surface area (Å²) in [6.45, 7) is 0.896. The van der Waals surface area contributed by atoms with E-state index in [4.69, 9.17) is 11.6 Å². The Bertz CT molecular complexity index is 1180. The molecule has 0 aliphatic rings. The Morgan fingerprint density at radius 3 is 2.47 bits per heavy atom. The lowest BCUT2D eigenvalue weighted by Crippen LogP contribution is -2.36. The fourth-order valence-electron chi connectivity index (χ4n) is 2.63. The predicted molar refractivity (Wildman–Crippen MR) is 122 cm³/mol. The topological polar surface area (TPSA) is 70.6 Å². The van der Waals surface area contributed by atoms with E-state index in [9.17, 15) is 17.6 Å². The highest BCUT2D eigenvalue weighted by Crippen LogP contribution is 2.32. The smallest absolute Gasteiger partial charge is 0.261 e. The first-order valence-corrected chi connectivity index (χ1v) is 11.7. The average Bonchev–Trinajstić information content (AvgIpc) is 3.03. The van der Waals surface area contributed by atoms with Crippen molar-refractivity contribution >= 4 is 66.4 Å². The minimum absolute atomic E-state index is 0. The largest absolute Gasteiger partial charge is 0.308 e. The average molecular weight is 492 g/mol. The van der Waals surface area contributed by atoms with Crippen LogP contribution in [-0.2, 0) is 9.84 Å². The molecule has 6 nitrogen and oxygen atoms in total. The first kappa shape index (κ1) is 24.5. The molecule has 3 rings (SSSR count). The normalized spacial score (nSPS) is 11.5. The summed E-state index contributed by atoms with van der Waals surface area (Å²) in [5.74, 6) is -0.932. The van der Waals surface area contributed by atoms with Crippen molar-refractivity contribution in [1.29, 1.82) is 0 Å². The number of hydrogen-bond acceptors (Lipinski definition) is 6. The van der Waals surface area contributed by atoms with Gasteiger partial charge in [0.05, 0.1) is 25.7 Å². The van der Waals surface area contributed by atoms with Gasteiger partial charge in [0.25, 0.3) is 5.91 Å². The second-order valence-corrected chi connectivity index (χ2v) is 10.2. The van der Waals surface area contributed by atoms with Crippen LogP contribution in [0.4, 0.5) is 9.52 Å². The van der Waals surface area contributed by atoms with Crippen molar-refractivity contribution in [2.24, 2.45) is 0 Å². The zero-order chi connectivity index (χ0) is 21.3. The van der Waals surface area contributed by atoms with Crippen LogP contribution < -0.4 is 4.90 Å². The molecule has 1 amide bonds. The number of benzene rings is 2. The van der Waals surface area contributed by atoms with Gasteiger partial charge in [-0.1, -0.05) is 22.9 Å². The first-order valence-electron chi connectivity index (χ1n) is 8.58. The molecular weight excluding hydrogens is 472 g/mol. The van der Waals surface area contributed by atoms with Crippen LogP contribution in [0.5, 0.6) is 0 Å². The zero-order valence-corrected chi connectivity index (χ0v) is 19.6. The second-order valence-electron chi connectivity index (χ2n) is 6.78. The van der Waals surface area contributed by atoms with Crippen LogP contribution in [0.2, 0.25) is 5.02 Å². The molecule has 1 aromatic heterocycles. The Balaban J connectivity index is 0.00000320. The summed E-state index contributed by atoms with van der Waals surface area (Å²) in [7, 11) is 0.401. The van der Waals surface area contributed by atoms with Crippen molar-refractivity contribution in [2.45, 2.75) is 4.90 Å². The number of carbonyl (C=O) groups excluding carboxylic acids is 1. The molecule has 30 heavy (non-hydrogen) atoms. The number of aromatic nitrogens is 1. The molecular formula is C19H20Cl2FN3O3S2. The third-order valence-electron chi connectivity index (χ3n) is 4.19. The highest BCUT2D eigenvalue weighted by molar-refractivity contribution is 7.90. The molecule has 11 heteroatoms. The number of anilines is 1. The number of fused-ring (bicyclic) bond motifs is 1. The lowest BCUT2D eigenvalue weighted by Gasteiger charge is -2.22. The van der Waals surface area contributed by atoms with Gasteiger partial charge in [0.2, 0.25) is 0 Å². The number of rotatable bonds is 6. The van der Waals surface area contributed by atoms with E-state index in [0.29, 0.717) is 28.4 Å². The Morgan fingerprint density at radius 2 is 1.87 bits per heavy atom. The molecule has 0 spiro atoms. The lowest BCUT2D eigenvalue weighted by molar-refractivity contribution is 0.0985. The van der Waals surface area contributed by atoms with Gasteiger partial charge < -0.3 is 4.90 Å². The highest BCUT2D eigenvalue weighted by atomic mass is 35.5. The van der Waals surface area contributed by atoms with Gasteiger partial charge >= 0.3 is 0 Å². The van der Waals surface area contributed by atoms with E-state index in [0.717, 1.165) is 12.3 Å². The molecule has 0 saturated heterocycles. The van der Waals surface area contributed by atoms with E-state index in [-0.39, 0.29) is 27.9 Å². The maximum atomic E-state index is 13.4. The molecule has 3 aromatic rings. The minimum atomic E-state index is -3.36. The summed E-state index contributed by atoms with van der Waals surface area (Å²) < 4.78 is 37.7. The molecule has 0 aliphatic heterocycles. The molecule has 162 valence electrons. The van der Waals surface area contributed by atoms with E-state index >= 15 is 0 Å².